The van der Waals surface area contributed by atoms with Crippen LogP contribution in [0.2, 0.25) is 0 Å². The highest BCUT2D eigenvalue weighted by molar-refractivity contribution is 6.11. The molecular weight excluding hydrogens is 321 g/mol. The average Bonchev–Trinajstić information content (AvgIpc) is 2.61. The summed E-state index contributed by atoms with van der Waals surface area (Å²) in [5.74, 6) is -0.886. The quantitative estimate of drug-likeness (QED) is 0.545. The Morgan fingerprint density at radius 3 is 2.72 bits per heavy atom. The van der Waals surface area contributed by atoms with Gasteiger partial charge in [0.2, 0.25) is 0 Å². The molecule has 0 unspecified atom stereocenters. The van der Waals surface area contributed by atoms with Gasteiger partial charge in [-0.15, -0.1) is 0 Å². The summed E-state index contributed by atoms with van der Waals surface area (Å²) in [6.45, 7) is 0. The van der Waals surface area contributed by atoms with E-state index in [2.05, 4.69) is 15.3 Å². The number of nitrogens with zero attached hydrogens (tertiary/aromatic N) is 2. The zero-order chi connectivity index (χ0) is 17.4. The number of carboxylic acid groups (broad SMARTS) is 1. The van der Waals surface area contributed by atoms with Crippen LogP contribution >= 0.6 is 0 Å². The van der Waals surface area contributed by atoms with Crippen molar-refractivity contribution in [3.8, 4) is 0 Å². The van der Waals surface area contributed by atoms with Gasteiger partial charge >= 0.3 is 5.97 Å². The second-order valence-electron chi connectivity index (χ2n) is 5.55. The molecule has 0 amide bonds. The maximum atomic E-state index is 13.4. The van der Waals surface area contributed by atoms with Crippen LogP contribution in [0.1, 0.15) is 10.4 Å². The Morgan fingerprint density at radius 2 is 1.92 bits per heavy atom. The Hall–Kier alpha value is -3.54. The average molecular weight is 333 g/mol. The second-order valence-corrected chi connectivity index (χ2v) is 5.55. The summed E-state index contributed by atoms with van der Waals surface area (Å²) in [6.07, 6.45) is 3.34. The topological polar surface area (TPSA) is 75.1 Å². The Morgan fingerprint density at radius 1 is 1.04 bits per heavy atom. The molecule has 0 aliphatic rings. The van der Waals surface area contributed by atoms with Crippen molar-refractivity contribution in [1.82, 2.24) is 9.97 Å². The standard InChI is InChI=1S/C19H12FN3O2/c20-12-2-1-3-13(9-12)22-18-16-10-21-7-6-14(16)15-5-4-11(19(24)25)8-17(15)23-18/h1-10H,(H,22,23)(H,24,25). The third kappa shape index (κ3) is 2.74. The molecule has 0 spiro atoms. The number of pyridine rings is 2. The molecule has 122 valence electrons. The minimum Gasteiger partial charge on any atom is -0.478 e. The smallest absolute Gasteiger partial charge is 0.335 e. The van der Waals surface area contributed by atoms with Crippen LogP contribution in [0.15, 0.2) is 60.9 Å². The highest BCUT2D eigenvalue weighted by atomic mass is 19.1. The van der Waals surface area contributed by atoms with Crippen LogP contribution in [0.5, 0.6) is 0 Å². The van der Waals surface area contributed by atoms with Gasteiger partial charge < -0.3 is 10.4 Å². The van der Waals surface area contributed by atoms with Crippen molar-refractivity contribution in [3.05, 3.63) is 72.3 Å². The van der Waals surface area contributed by atoms with Gasteiger partial charge in [0.1, 0.15) is 11.6 Å². The van der Waals surface area contributed by atoms with Crippen molar-refractivity contribution < 1.29 is 14.3 Å². The predicted molar refractivity (Wildman–Crippen MR) is 93.7 cm³/mol. The van der Waals surface area contributed by atoms with E-state index in [-0.39, 0.29) is 11.4 Å². The van der Waals surface area contributed by atoms with Gasteiger partial charge in [-0.3, -0.25) is 4.98 Å². The van der Waals surface area contributed by atoms with Crippen molar-refractivity contribution in [3.63, 3.8) is 0 Å². The molecule has 4 rings (SSSR count). The van der Waals surface area contributed by atoms with E-state index in [0.29, 0.717) is 17.0 Å². The summed E-state index contributed by atoms with van der Waals surface area (Å²) in [5.41, 5.74) is 1.24. The fourth-order valence-corrected chi connectivity index (χ4v) is 2.78. The number of carbonyl (C=O) groups is 1. The van der Waals surface area contributed by atoms with Crippen molar-refractivity contribution >= 4 is 39.1 Å². The molecule has 2 aromatic heterocycles. The molecule has 2 aromatic carbocycles. The number of hydrogen-bond donors (Lipinski definition) is 2. The molecule has 2 heterocycles. The summed E-state index contributed by atoms with van der Waals surface area (Å²) >= 11 is 0. The minimum atomic E-state index is -1.02. The van der Waals surface area contributed by atoms with Crippen molar-refractivity contribution in [2.24, 2.45) is 0 Å². The Labute approximate surface area is 141 Å². The van der Waals surface area contributed by atoms with E-state index in [1.54, 1.807) is 36.7 Å². The molecule has 0 aliphatic heterocycles. The zero-order valence-electron chi connectivity index (χ0n) is 12.9. The van der Waals surface area contributed by atoms with Crippen LogP contribution in [-0.2, 0) is 0 Å². The fourth-order valence-electron chi connectivity index (χ4n) is 2.78. The van der Waals surface area contributed by atoms with Crippen molar-refractivity contribution in [2.45, 2.75) is 0 Å². The Balaban J connectivity index is 1.96. The van der Waals surface area contributed by atoms with E-state index >= 15 is 0 Å². The molecule has 25 heavy (non-hydrogen) atoms. The number of aromatic carboxylic acids is 1. The first-order chi connectivity index (χ1) is 12.1. The molecule has 0 radical (unpaired) electrons. The molecule has 5 nitrogen and oxygen atoms in total. The van der Waals surface area contributed by atoms with Crippen LogP contribution < -0.4 is 5.32 Å². The van der Waals surface area contributed by atoms with Crippen LogP contribution in [0, 0.1) is 5.82 Å². The third-order valence-electron chi connectivity index (χ3n) is 3.93. The number of anilines is 2. The van der Waals surface area contributed by atoms with Crippen LogP contribution in [-0.4, -0.2) is 21.0 Å². The van der Waals surface area contributed by atoms with E-state index in [1.807, 2.05) is 6.07 Å². The van der Waals surface area contributed by atoms with Crippen molar-refractivity contribution in [1.29, 1.82) is 0 Å². The first kappa shape index (κ1) is 15.0. The zero-order valence-corrected chi connectivity index (χ0v) is 12.9. The number of rotatable bonds is 3. The fraction of sp³-hybridized carbons (Fsp3) is 0. The third-order valence-corrected chi connectivity index (χ3v) is 3.93. The lowest BCUT2D eigenvalue weighted by Crippen LogP contribution is -1.99. The van der Waals surface area contributed by atoms with Gasteiger partial charge in [0, 0.05) is 28.9 Å². The van der Waals surface area contributed by atoms with Gasteiger partial charge in [-0.2, -0.15) is 0 Å². The predicted octanol–water partition coefficient (Wildman–Crippen LogP) is 4.36. The lowest BCUT2D eigenvalue weighted by molar-refractivity contribution is 0.0697. The van der Waals surface area contributed by atoms with Gasteiger partial charge in [0.05, 0.1) is 11.1 Å². The molecule has 4 aromatic rings. The number of nitrogens with one attached hydrogen (secondary N) is 1. The lowest BCUT2D eigenvalue weighted by Gasteiger charge is -2.12. The van der Waals surface area contributed by atoms with Crippen LogP contribution in [0.3, 0.4) is 0 Å². The molecule has 0 saturated heterocycles. The van der Waals surface area contributed by atoms with Gasteiger partial charge in [-0.1, -0.05) is 12.1 Å². The van der Waals surface area contributed by atoms with E-state index in [4.69, 9.17) is 0 Å². The van der Waals surface area contributed by atoms with Crippen molar-refractivity contribution in [2.75, 3.05) is 5.32 Å². The second kappa shape index (κ2) is 5.83. The first-order valence-corrected chi connectivity index (χ1v) is 7.55. The SMILES string of the molecule is O=C(O)c1ccc2c(c1)nc(Nc1cccc(F)c1)c1cnccc12. The summed E-state index contributed by atoms with van der Waals surface area (Å²) < 4.78 is 13.4. The van der Waals surface area contributed by atoms with E-state index < -0.39 is 5.97 Å². The van der Waals surface area contributed by atoms with Gasteiger partial charge in [-0.25, -0.2) is 14.2 Å². The van der Waals surface area contributed by atoms with Gasteiger partial charge in [0.15, 0.2) is 0 Å². The Bertz CT molecular complexity index is 1130. The molecule has 0 bridgehead atoms. The molecule has 0 fully saturated rings. The monoisotopic (exact) mass is 333 g/mol. The largest absolute Gasteiger partial charge is 0.478 e. The van der Waals surface area contributed by atoms with Gasteiger partial charge in [0.25, 0.3) is 0 Å². The lowest BCUT2D eigenvalue weighted by atomic mass is 10.1. The molecular formula is C19H12FN3O2. The first-order valence-electron chi connectivity index (χ1n) is 7.55. The molecule has 0 atom stereocenters. The number of carboxylic acids is 1. The van der Waals surface area contributed by atoms with E-state index in [0.717, 1.165) is 16.2 Å². The number of halogens is 1. The number of fused-ring (bicyclic) bond motifs is 3. The summed E-state index contributed by atoms with van der Waals surface area (Å²) in [4.78, 5) is 19.9. The highest BCUT2D eigenvalue weighted by Crippen LogP contribution is 2.31. The minimum absolute atomic E-state index is 0.158. The summed E-state index contributed by atoms with van der Waals surface area (Å²) in [6, 6.07) is 12.7. The molecule has 6 heteroatoms. The summed E-state index contributed by atoms with van der Waals surface area (Å²) in [5, 5.41) is 14.8. The highest BCUT2D eigenvalue weighted by Gasteiger charge is 2.11. The molecule has 2 N–H and O–H groups in total. The molecule has 0 aliphatic carbocycles. The van der Waals surface area contributed by atoms with Gasteiger partial charge in [-0.05, 0) is 41.8 Å². The van der Waals surface area contributed by atoms with E-state index in [9.17, 15) is 14.3 Å². The van der Waals surface area contributed by atoms with Crippen LogP contribution in [0.4, 0.5) is 15.9 Å². The van der Waals surface area contributed by atoms with Crippen LogP contribution in [0.25, 0.3) is 21.7 Å². The Kier molecular flexibility index (Phi) is 3.50. The maximum Gasteiger partial charge on any atom is 0.335 e. The number of aromatic nitrogens is 2. The number of benzene rings is 2. The summed E-state index contributed by atoms with van der Waals surface area (Å²) in [7, 11) is 0. The van der Waals surface area contributed by atoms with E-state index in [1.165, 1.54) is 18.2 Å². The number of hydrogen-bond acceptors (Lipinski definition) is 4. The maximum absolute atomic E-state index is 13.4. The molecule has 0 saturated carbocycles. The normalized spacial score (nSPS) is 10.9.